The number of hydrogen-bond donors (Lipinski definition) is 1. The highest BCUT2D eigenvalue weighted by atomic mass is 32.1. The quantitative estimate of drug-likeness (QED) is 0.880. The lowest BCUT2D eigenvalue weighted by atomic mass is 10.1. The van der Waals surface area contributed by atoms with Crippen molar-refractivity contribution in [2.75, 3.05) is 0 Å². The van der Waals surface area contributed by atoms with Crippen molar-refractivity contribution in [1.29, 1.82) is 0 Å². The molecule has 0 radical (unpaired) electrons. The molecule has 2 rings (SSSR count). The number of nitrogens with one attached hydrogen (secondary N) is 1. The summed E-state index contributed by atoms with van der Waals surface area (Å²) in [5.74, 6) is -0.000506. The van der Waals surface area contributed by atoms with Crippen molar-refractivity contribution in [3.8, 4) is 0 Å². The summed E-state index contributed by atoms with van der Waals surface area (Å²) < 4.78 is 0. The van der Waals surface area contributed by atoms with Crippen LogP contribution in [0.15, 0.2) is 42.5 Å². The zero-order valence-corrected chi connectivity index (χ0v) is 10.8. The summed E-state index contributed by atoms with van der Waals surface area (Å²) in [5.41, 5.74) is 1.12. The Bertz CT molecular complexity index is 504. The van der Waals surface area contributed by atoms with E-state index in [0.29, 0.717) is 0 Å². The Morgan fingerprint density at radius 3 is 2.47 bits per heavy atom. The fourth-order valence-electron chi connectivity index (χ4n) is 1.65. The minimum Gasteiger partial charge on any atom is -0.345 e. The van der Waals surface area contributed by atoms with E-state index in [-0.39, 0.29) is 11.9 Å². The SMILES string of the molecule is Cc1ccc(C(=O)N[C@H](C)c2ccccc2)s1. The lowest BCUT2D eigenvalue weighted by Gasteiger charge is -2.13. The fraction of sp³-hybridized carbons (Fsp3) is 0.214. The number of carbonyl (C=O) groups is 1. The van der Waals surface area contributed by atoms with Crippen LogP contribution in [0.1, 0.15) is 33.1 Å². The molecule has 0 fully saturated rings. The highest BCUT2D eigenvalue weighted by molar-refractivity contribution is 7.13. The second kappa shape index (κ2) is 5.15. The Morgan fingerprint density at radius 1 is 1.18 bits per heavy atom. The van der Waals surface area contributed by atoms with Gasteiger partial charge in [0.15, 0.2) is 0 Å². The summed E-state index contributed by atoms with van der Waals surface area (Å²) in [6, 6.07) is 13.8. The molecule has 0 saturated carbocycles. The van der Waals surface area contributed by atoms with Gasteiger partial charge in [0.2, 0.25) is 0 Å². The first kappa shape index (κ1) is 11.9. The normalized spacial score (nSPS) is 12.1. The van der Waals surface area contributed by atoms with Gasteiger partial charge in [0, 0.05) is 4.88 Å². The maximum Gasteiger partial charge on any atom is 0.261 e. The number of rotatable bonds is 3. The Balaban J connectivity index is 2.04. The van der Waals surface area contributed by atoms with Crippen molar-refractivity contribution < 1.29 is 4.79 Å². The first-order valence-electron chi connectivity index (χ1n) is 5.59. The maximum absolute atomic E-state index is 11.9. The average molecular weight is 245 g/mol. The van der Waals surface area contributed by atoms with Gasteiger partial charge in [-0.1, -0.05) is 30.3 Å². The van der Waals surface area contributed by atoms with Gasteiger partial charge in [-0.25, -0.2) is 0 Å². The van der Waals surface area contributed by atoms with Crippen molar-refractivity contribution in [2.45, 2.75) is 19.9 Å². The highest BCUT2D eigenvalue weighted by Crippen LogP contribution is 2.17. The van der Waals surface area contributed by atoms with Gasteiger partial charge in [0.25, 0.3) is 5.91 Å². The summed E-state index contributed by atoms with van der Waals surface area (Å²) in [7, 11) is 0. The van der Waals surface area contributed by atoms with Gasteiger partial charge in [-0.15, -0.1) is 11.3 Å². The monoisotopic (exact) mass is 245 g/mol. The lowest BCUT2D eigenvalue weighted by molar-refractivity contribution is 0.0944. The summed E-state index contributed by atoms with van der Waals surface area (Å²) in [6.45, 7) is 4.00. The summed E-state index contributed by atoms with van der Waals surface area (Å²) >= 11 is 1.52. The zero-order chi connectivity index (χ0) is 12.3. The van der Waals surface area contributed by atoms with Crippen LogP contribution >= 0.6 is 11.3 Å². The summed E-state index contributed by atoms with van der Waals surface area (Å²) in [4.78, 5) is 13.9. The number of amides is 1. The number of carbonyl (C=O) groups excluding carboxylic acids is 1. The van der Waals surface area contributed by atoms with Crippen LogP contribution in [0.25, 0.3) is 0 Å². The second-order valence-electron chi connectivity index (χ2n) is 4.02. The summed E-state index contributed by atoms with van der Waals surface area (Å²) in [6.07, 6.45) is 0. The molecule has 0 aliphatic carbocycles. The van der Waals surface area contributed by atoms with Crippen LogP contribution in [-0.4, -0.2) is 5.91 Å². The van der Waals surface area contributed by atoms with Crippen LogP contribution in [0.2, 0.25) is 0 Å². The number of hydrogen-bond acceptors (Lipinski definition) is 2. The van der Waals surface area contributed by atoms with E-state index >= 15 is 0 Å². The molecule has 17 heavy (non-hydrogen) atoms. The maximum atomic E-state index is 11.9. The largest absolute Gasteiger partial charge is 0.345 e. The van der Waals surface area contributed by atoms with Crippen LogP contribution in [0.4, 0.5) is 0 Å². The third-order valence-corrected chi connectivity index (χ3v) is 3.61. The van der Waals surface area contributed by atoms with Crippen molar-refractivity contribution in [2.24, 2.45) is 0 Å². The number of aryl methyl sites for hydroxylation is 1. The average Bonchev–Trinajstić information content (AvgIpc) is 2.77. The van der Waals surface area contributed by atoms with Crippen molar-refractivity contribution in [3.63, 3.8) is 0 Å². The van der Waals surface area contributed by atoms with Gasteiger partial charge >= 0.3 is 0 Å². The molecule has 1 amide bonds. The molecule has 1 aromatic heterocycles. The number of benzene rings is 1. The van der Waals surface area contributed by atoms with E-state index in [2.05, 4.69) is 5.32 Å². The Labute approximate surface area is 105 Å². The Morgan fingerprint density at radius 2 is 1.88 bits per heavy atom. The van der Waals surface area contributed by atoms with Crippen LogP contribution < -0.4 is 5.32 Å². The minimum atomic E-state index is -0.000506. The van der Waals surface area contributed by atoms with Crippen LogP contribution in [0, 0.1) is 6.92 Å². The molecule has 1 N–H and O–H groups in total. The highest BCUT2D eigenvalue weighted by Gasteiger charge is 2.12. The van der Waals surface area contributed by atoms with E-state index < -0.39 is 0 Å². The molecule has 1 heterocycles. The molecular weight excluding hydrogens is 230 g/mol. The molecule has 0 unspecified atom stereocenters. The first-order valence-corrected chi connectivity index (χ1v) is 6.40. The van der Waals surface area contributed by atoms with E-state index in [9.17, 15) is 4.79 Å². The van der Waals surface area contributed by atoms with E-state index in [1.165, 1.54) is 11.3 Å². The predicted molar refractivity (Wildman–Crippen MR) is 71.4 cm³/mol. The molecule has 0 spiro atoms. The molecule has 0 aliphatic heterocycles. The third-order valence-electron chi connectivity index (χ3n) is 2.61. The molecule has 88 valence electrons. The lowest BCUT2D eigenvalue weighted by Crippen LogP contribution is -2.25. The smallest absolute Gasteiger partial charge is 0.261 e. The van der Waals surface area contributed by atoms with E-state index in [1.807, 2.05) is 56.3 Å². The zero-order valence-electron chi connectivity index (χ0n) is 9.94. The molecule has 2 nitrogen and oxygen atoms in total. The van der Waals surface area contributed by atoms with Crippen LogP contribution in [0.5, 0.6) is 0 Å². The van der Waals surface area contributed by atoms with Gasteiger partial charge < -0.3 is 5.32 Å². The molecule has 0 bridgehead atoms. The Hall–Kier alpha value is -1.61. The van der Waals surface area contributed by atoms with E-state index in [0.717, 1.165) is 15.3 Å². The second-order valence-corrected chi connectivity index (χ2v) is 5.30. The predicted octanol–water partition coefficient (Wildman–Crippen LogP) is 3.55. The van der Waals surface area contributed by atoms with Gasteiger partial charge in [0.1, 0.15) is 0 Å². The standard InChI is InChI=1S/C14H15NOS/c1-10-8-9-13(17-10)14(16)15-11(2)12-6-4-3-5-7-12/h3-9,11H,1-2H3,(H,15,16)/t11-/m1/s1. The minimum absolute atomic E-state index is 0.000506. The van der Waals surface area contributed by atoms with Gasteiger partial charge in [0.05, 0.1) is 10.9 Å². The third kappa shape index (κ3) is 2.94. The Kier molecular flexibility index (Phi) is 3.59. The van der Waals surface area contributed by atoms with Gasteiger partial charge in [-0.2, -0.15) is 0 Å². The topological polar surface area (TPSA) is 29.1 Å². The molecular formula is C14H15NOS. The summed E-state index contributed by atoms with van der Waals surface area (Å²) in [5, 5.41) is 3.00. The van der Waals surface area contributed by atoms with Gasteiger partial charge in [-0.3, -0.25) is 4.79 Å². The van der Waals surface area contributed by atoms with E-state index in [4.69, 9.17) is 0 Å². The molecule has 3 heteroatoms. The van der Waals surface area contributed by atoms with Crippen molar-refractivity contribution in [3.05, 3.63) is 57.8 Å². The first-order chi connectivity index (χ1) is 8.16. The van der Waals surface area contributed by atoms with E-state index in [1.54, 1.807) is 0 Å². The molecule has 0 saturated heterocycles. The number of thiophene rings is 1. The van der Waals surface area contributed by atoms with Crippen LogP contribution in [0.3, 0.4) is 0 Å². The van der Waals surface area contributed by atoms with Crippen molar-refractivity contribution >= 4 is 17.2 Å². The molecule has 1 aromatic carbocycles. The van der Waals surface area contributed by atoms with Gasteiger partial charge in [-0.05, 0) is 31.5 Å². The molecule has 1 atom stereocenters. The van der Waals surface area contributed by atoms with Crippen LogP contribution in [-0.2, 0) is 0 Å². The molecule has 2 aromatic rings. The fourth-order valence-corrected chi connectivity index (χ4v) is 2.42. The van der Waals surface area contributed by atoms with Crippen molar-refractivity contribution in [1.82, 2.24) is 5.32 Å². The molecule has 0 aliphatic rings.